The Morgan fingerprint density at radius 2 is 2.44 bits per heavy atom. The summed E-state index contributed by atoms with van der Waals surface area (Å²) in [6.45, 7) is 0.410. The predicted molar refractivity (Wildman–Crippen MR) is 38.7 cm³/mol. The molecule has 0 N–H and O–H groups in total. The van der Waals surface area contributed by atoms with Crippen molar-refractivity contribution in [2.45, 2.75) is 0 Å². The lowest BCUT2D eigenvalue weighted by Crippen LogP contribution is -1.85. The van der Waals surface area contributed by atoms with Gasteiger partial charge in [-0.25, -0.2) is 0 Å². The first-order valence-electron chi connectivity index (χ1n) is 2.16. The fourth-order valence-corrected chi connectivity index (χ4v) is 1.70. The fourth-order valence-electron chi connectivity index (χ4n) is 0.406. The lowest BCUT2D eigenvalue weighted by atomic mass is 10.6. The van der Waals surface area contributed by atoms with Gasteiger partial charge in [0.05, 0.1) is 4.47 Å². The molecule has 0 aliphatic carbocycles. The Morgan fingerprint density at radius 3 is 2.89 bits per heavy atom. The highest BCUT2D eigenvalue weighted by atomic mass is 79.9. The molecule has 0 radical (unpaired) electrons. The summed E-state index contributed by atoms with van der Waals surface area (Å²) < 4.78 is 5.38. The van der Waals surface area contributed by atoms with E-state index in [1.807, 2.05) is 5.38 Å². The predicted octanol–water partition coefficient (Wildman–Crippen LogP) is 2.05. The number of carbonyl (C=O) groups is 1. The van der Waals surface area contributed by atoms with Gasteiger partial charge in [-0.2, -0.15) is 0 Å². The third-order valence-electron chi connectivity index (χ3n) is 0.757. The second kappa shape index (κ2) is 2.98. The number of ether oxygens (including phenoxy) is 1. The van der Waals surface area contributed by atoms with Crippen LogP contribution in [0.1, 0.15) is 0 Å². The van der Waals surface area contributed by atoms with Gasteiger partial charge in [0.15, 0.2) is 5.75 Å². The van der Waals surface area contributed by atoms with E-state index in [-0.39, 0.29) is 0 Å². The van der Waals surface area contributed by atoms with Crippen molar-refractivity contribution in [1.82, 2.24) is 0 Å². The van der Waals surface area contributed by atoms with Gasteiger partial charge in [-0.3, -0.25) is 4.79 Å². The average molecular weight is 207 g/mol. The number of hydrogen-bond acceptors (Lipinski definition) is 3. The average Bonchev–Trinajstić information content (AvgIpc) is 2.18. The largest absolute Gasteiger partial charge is 0.427 e. The summed E-state index contributed by atoms with van der Waals surface area (Å²) in [6, 6.07) is 0. The van der Waals surface area contributed by atoms with Crippen molar-refractivity contribution in [2.24, 2.45) is 0 Å². The van der Waals surface area contributed by atoms with Gasteiger partial charge in [0, 0.05) is 10.8 Å². The zero-order chi connectivity index (χ0) is 6.69. The molecule has 0 aliphatic heterocycles. The molecule has 0 saturated carbocycles. The van der Waals surface area contributed by atoms with Crippen LogP contribution in [-0.2, 0) is 4.79 Å². The molecule has 2 nitrogen and oxygen atoms in total. The normalized spacial score (nSPS) is 9.00. The molecule has 1 heterocycles. The van der Waals surface area contributed by atoms with E-state index in [0.29, 0.717) is 12.2 Å². The van der Waals surface area contributed by atoms with Crippen LogP contribution in [0, 0.1) is 0 Å². The summed E-state index contributed by atoms with van der Waals surface area (Å²) in [6.07, 6.45) is 0. The minimum Gasteiger partial charge on any atom is -0.427 e. The molecule has 9 heavy (non-hydrogen) atoms. The van der Waals surface area contributed by atoms with Crippen molar-refractivity contribution >= 4 is 33.7 Å². The number of thiophene rings is 1. The summed E-state index contributed by atoms with van der Waals surface area (Å²) in [5.74, 6) is 0.579. The molecule has 0 unspecified atom stereocenters. The number of rotatable bonds is 2. The molecule has 0 fully saturated rings. The van der Waals surface area contributed by atoms with Gasteiger partial charge in [0.2, 0.25) is 0 Å². The minimum absolute atomic E-state index is 0.410. The van der Waals surface area contributed by atoms with E-state index in [1.54, 1.807) is 5.38 Å². The number of hydrogen-bond donors (Lipinski definition) is 0. The first-order chi connectivity index (χ1) is 4.34. The smallest absolute Gasteiger partial charge is 0.298 e. The van der Waals surface area contributed by atoms with Crippen LogP contribution in [0.4, 0.5) is 0 Å². The van der Waals surface area contributed by atoms with Gasteiger partial charge in [0.25, 0.3) is 6.47 Å². The maximum atomic E-state index is 9.79. The van der Waals surface area contributed by atoms with Crippen LogP contribution in [-0.4, -0.2) is 6.47 Å². The van der Waals surface area contributed by atoms with Crippen molar-refractivity contribution in [1.29, 1.82) is 0 Å². The van der Waals surface area contributed by atoms with Crippen molar-refractivity contribution < 1.29 is 9.53 Å². The van der Waals surface area contributed by atoms with Gasteiger partial charge in [-0.05, 0) is 15.9 Å². The van der Waals surface area contributed by atoms with Crippen LogP contribution in [0.15, 0.2) is 15.2 Å². The highest BCUT2D eigenvalue weighted by Gasteiger charge is 1.98. The first-order valence-corrected chi connectivity index (χ1v) is 3.90. The van der Waals surface area contributed by atoms with Crippen LogP contribution in [0.25, 0.3) is 0 Å². The standard InChI is InChI=1S/C5H3BrO2S/c6-4-1-9-2-5(4)8-3-7/h1-3H. The molecule has 1 aromatic rings. The van der Waals surface area contributed by atoms with E-state index in [0.717, 1.165) is 4.47 Å². The van der Waals surface area contributed by atoms with Gasteiger partial charge in [0.1, 0.15) is 0 Å². The van der Waals surface area contributed by atoms with E-state index in [4.69, 9.17) is 0 Å². The second-order valence-corrected chi connectivity index (χ2v) is 2.90. The fraction of sp³-hybridized carbons (Fsp3) is 0. The summed E-state index contributed by atoms with van der Waals surface area (Å²) >= 11 is 4.67. The summed E-state index contributed by atoms with van der Waals surface area (Å²) in [5.41, 5.74) is 0. The van der Waals surface area contributed by atoms with Crippen LogP contribution in [0.2, 0.25) is 0 Å². The summed E-state index contributed by atoms with van der Waals surface area (Å²) in [4.78, 5) is 9.79. The van der Waals surface area contributed by atoms with Crippen molar-refractivity contribution in [3.63, 3.8) is 0 Å². The van der Waals surface area contributed by atoms with Gasteiger partial charge >= 0.3 is 0 Å². The molecular formula is C5H3BrO2S. The van der Waals surface area contributed by atoms with E-state index in [1.165, 1.54) is 11.3 Å². The summed E-state index contributed by atoms with van der Waals surface area (Å²) in [7, 11) is 0. The molecule has 0 aliphatic rings. The third-order valence-corrected chi connectivity index (χ3v) is 2.40. The van der Waals surface area contributed by atoms with E-state index in [2.05, 4.69) is 20.7 Å². The zero-order valence-corrected chi connectivity index (χ0v) is 6.74. The molecule has 0 amide bonds. The lowest BCUT2D eigenvalue weighted by Gasteiger charge is -1.89. The molecular weight excluding hydrogens is 204 g/mol. The van der Waals surface area contributed by atoms with E-state index < -0.39 is 0 Å². The molecule has 0 aromatic carbocycles. The molecule has 0 spiro atoms. The Balaban J connectivity index is 2.80. The molecule has 1 rings (SSSR count). The molecule has 0 atom stereocenters. The molecule has 0 saturated heterocycles. The summed E-state index contributed by atoms with van der Waals surface area (Å²) in [5, 5.41) is 3.59. The van der Waals surface area contributed by atoms with E-state index in [9.17, 15) is 4.79 Å². The first kappa shape index (κ1) is 6.77. The Bertz CT molecular complexity index is 208. The van der Waals surface area contributed by atoms with Gasteiger partial charge in [-0.15, -0.1) is 11.3 Å². The molecule has 1 aromatic heterocycles. The second-order valence-electron chi connectivity index (χ2n) is 1.30. The van der Waals surface area contributed by atoms with E-state index >= 15 is 0 Å². The van der Waals surface area contributed by atoms with Gasteiger partial charge in [-0.1, -0.05) is 0 Å². The maximum Gasteiger partial charge on any atom is 0.298 e. The van der Waals surface area contributed by atoms with Crippen LogP contribution >= 0.6 is 27.3 Å². The van der Waals surface area contributed by atoms with Crippen molar-refractivity contribution in [2.75, 3.05) is 0 Å². The van der Waals surface area contributed by atoms with Crippen molar-refractivity contribution in [3.8, 4) is 5.75 Å². The Hall–Kier alpha value is -0.350. The highest BCUT2D eigenvalue weighted by Crippen LogP contribution is 2.28. The van der Waals surface area contributed by atoms with Crippen molar-refractivity contribution in [3.05, 3.63) is 15.2 Å². The highest BCUT2D eigenvalue weighted by molar-refractivity contribution is 9.10. The Morgan fingerprint density at radius 1 is 1.67 bits per heavy atom. The quantitative estimate of drug-likeness (QED) is 0.693. The number of carbonyl (C=O) groups excluding carboxylic acids is 1. The number of halogens is 1. The van der Waals surface area contributed by atoms with Crippen LogP contribution in [0.3, 0.4) is 0 Å². The van der Waals surface area contributed by atoms with Crippen LogP contribution in [0.5, 0.6) is 5.75 Å². The SMILES string of the molecule is O=COc1cscc1Br. The minimum atomic E-state index is 0.410. The monoisotopic (exact) mass is 206 g/mol. The zero-order valence-electron chi connectivity index (χ0n) is 4.33. The topological polar surface area (TPSA) is 26.3 Å². The van der Waals surface area contributed by atoms with Gasteiger partial charge < -0.3 is 4.74 Å². The lowest BCUT2D eigenvalue weighted by molar-refractivity contribution is -0.120. The molecule has 0 bridgehead atoms. The molecule has 4 heteroatoms. The maximum absolute atomic E-state index is 9.79. The third kappa shape index (κ3) is 1.53. The Kier molecular flexibility index (Phi) is 2.24. The Labute approximate surface area is 64.6 Å². The van der Waals surface area contributed by atoms with Crippen LogP contribution < -0.4 is 4.74 Å². The molecule has 48 valence electrons.